The van der Waals surface area contributed by atoms with Crippen molar-refractivity contribution in [3.8, 4) is 22.5 Å². The van der Waals surface area contributed by atoms with Crippen LogP contribution in [-0.4, -0.2) is 39.0 Å². The summed E-state index contributed by atoms with van der Waals surface area (Å²) >= 11 is 4.33. The summed E-state index contributed by atoms with van der Waals surface area (Å²) in [6.45, 7) is 4.87. The maximum absolute atomic E-state index is 13.0. The van der Waals surface area contributed by atoms with Crippen molar-refractivity contribution < 1.29 is 14.3 Å². The summed E-state index contributed by atoms with van der Waals surface area (Å²) in [4.78, 5) is 25.8. The lowest BCUT2D eigenvalue weighted by Gasteiger charge is -2.10. The van der Waals surface area contributed by atoms with Crippen LogP contribution in [0.5, 0.6) is 0 Å². The van der Waals surface area contributed by atoms with E-state index in [4.69, 9.17) is 4.74 Å². The molecular formula is C28H26N4O3S3. The second kappa shape index (κ2) is 11.9. The van der Waals surface area contributed by atoms with E-state index in [9.17, 15) is 9.59 Å². The monoisotopic (exact) mass is 562 g/mol. The number of fused-ring (bicyclic) bond motifs is 1. The van der Waals surface area contributed by atoms with Gasteiger partial charge in [-0.1, -0.05) is 67.2 Å². The molecule has 194 valence electrons. The number of carbonyl (C=O) groups is 2. The van der Waals surface area contributed by atoms with Gasteiger partial charge in [-0.25, -0.2) is 4.79 Å². The number of anilines is 1. The van der Waals surface area contributed by atoms with E-state index in [1.165, 1.54) is 27.8 Å². The molecule has 0 saturated carbocycles. The minimum Gasteiger partial charge on any atom is -0.462 e. The number of hydrogen-bond acceptors (Lipinski definition) is 8. The molecular weight excluding hydrogens is 537 g/mol. The molecule has 0 atom stereocenters. The van der Waals surface area contributed by atoms with Crippen LogP contribution in [0.4, 0.5) is 5.00 Å². The van der Waals surface area contributed by atoms with Gasteiger partial charge in [-0.15, -0.1) is 32.9 Å². The molecule has 3 aromatic heterocycles. The first kappa shape index (κ1) is 26.1. The third-order valence-corrected chi connectivity index (χ3v) is 8.65. The van der Waals surface area contributed by atoms with Crippen molar-refractivity contribution in [1.29, 1.82) is 0 Å². The van der Waals surface area contributed by atoms with Crippen LogP contribution in [0.1, 0.15) is 30.6 Å². The SMILES string of the molecule is CCCn1c(SCC(=O)Nc2scc(-c3ccccc3)c2C(=O)OCC)nnc1-c1csc2ccccc12. The second-order valence-corrected chi connectivity index (χ2v) is 11.1. The number of hydrogen-bond donors (Lipinski definition) is 1. The van der Waals surface area contributed by atoms with Gasteiger partial charge < -0.3 is 14.6 Å². The maximum Gasteiger partial charge on any atom is 0.341 e. The number of nitrogens with one attached hydrogen (secondary N) is 1. The van der Waals surface area contributed by atoms with Gasteiger partial charge in [0.25, 0.3) is 0 Å². The van der Waals surface area contributed by atoms with Gasteiger partial charge in [-0.2, -0.15) is 0 Å². The molecule has 5 aromatic rings. The van der Waals surface area contributed by atoms with Crippen LogP contribution < -0.4 is 5.32 Å². The van der Waals surface area contributed by atoms with E-state index in [0.29, 0.717) is 15.7 Å². The normalized spacial score (nSPS) is 11.1. The molecule has 5 rings (SSSR count). The number of thioether (sulfide) groups is 1. The molecule has 0 bridgehead atoms. The number of amides is 1. The fourth-order valence-corrected chi connectivity index (χ4v) is 6.83. The molecule has 0 aliphatic carbocycles. The summed E-state index contributed by atoms with van der Waals surface area (Å²) in [7, 11) is 0. The van der Waals surface area contributed by atoms with Crippen LogP contribution >= 0.6 is 34.4 Å². The second-order valence-electron chi connectivity index (χ2n) is 8.38. The first-order chi connectivity index (χ1) is 18.6. The number of thiophene rings is 2. The van der Waals surface area contributed by atoms with Gasteiger partial charge in [0, 0.05) is 38.5 Å². The molecule has 1 N–H and O–H groups in total. The van der Waals surface area contributed by atoms with Crippen molar-refractivity contribution in [2.24, 2.45) is 0 Å². The van der Waals surface area contributed by atoms with E-state index >= 15 is 0 Å². The first-order valence-corrected chi connectivity index (χ1v) is 15.0. The Bertz CT molecular complexity index is 1570. The molecule has 0 spiro atoms. The third-order valence-electron chi connectivity index (χ3n) is 5.83. The summed E-state index contributed by atoms with van der Waals surface area (Å²) in [5.74, 6) is 0.261. The molecule has 0 aliphatic heterocycles. The quantitative estimate of drug-likeness (QED) is 0.143. The van der Waals surface area contributed by atoms with Crippen molar-refractivity contribution in [2.75, 3.05) is 17.7 Å². The summed E-state index contributed by atoms with van der Waals surface area (Å²) in [5.41, 5.74) is 3.06. The van der Waals surface area contributed by atoms with Gasteiger partial charge in [-0.05, 0) is 25.0 Å². The maximum atomic E-state index is 13.0. The number of ether oxygens (including phenoxy) is 1. The Labute approximate surface area is 232 Å². The van der Waals surface area contributed by atoms with E-state index < -0.39 is 5.97 Å². The number of rotatable bonds is 10. The summed E-state index contributed by atoms with van der Waals surface area (Å²) in [5, 5.41) is 18.1. The highest BCUT2D eigenvalue weighted by atomic mass is 32.2. The Morgan fingerprint density at radius 2 is 1.74 bits per heavy atom. The zero-order valence-electron chi connectivity index (χ0n) is 21.0. The standard InChI is InChI=1S/C28H26N4O3S3/c1-3-14-32-25(21-16-36-22-13-9-8-12-19(21)22)30-31-28(32)38-17-23(33)29-26-24(27(34)35-4-2)20(15-37-26)18-10-6-5-7-11-18/h5-13,15-16H,3-4,14,17H2,1-2H3,(H,29,33). The van der Waals surface area contributed by atoms with E-state index in [1.807, 2.05) is 47.8 Å². The fraction of sp³-hybridized carbons (Fsp3) is 0.214. The topological polar surface area (TPSA) is 86.1 Å². The zero-order chi connectivity index (χ0) is 26.5. The minimum atomic E-state index is -0.453. The lowest BCUT2D eigenvalue weighted by Crippen LogP contribution is -2.17. The van der Waals surface area contributed by atoms with E-state index in [1.54, 1.807) is 18.3 Å². The van der Waals surface area contributed by atoms with E-state index in [-0.39, 0.29) is 18.3 Å². The number of esters is 1. The van der Waals surface area contributed by atoms with Crippen molar-refractivity contribution in [3.63, 3.8) is 0 Å². The molecule has 3 heterocycles. The lowest BCUT2D eigenvalue weighted by molar-refractivity contribution is -0.113. The Morgan fingerprint density at radius 1 is 0.974 bits per heavy atom. The van der Waals surface area contributed by atoms with Gasteiger partial charge in [-0.3, -0.25) is 4.79 Å². The summed E-state index contributed by atoms with van der Waals surface area (Å²) < 4.78 is 8.58. The van der Waals surface area contributed by atoms with Crippen molar-refractivity contribution in [2.45, 2.75) is 32.0 Å². The van der Waals surface area contributed by atoms with Crippen LogP contribution in [-0.2, 0) is 16.1 Å². The summed E-state index contributed by atoms with van der Waals surface area (Å²) in [6.07, 6.45) is 0.910. The van der Waals surface area contributed by atoms with Crippen LogP contribution in [0.25, 0.3) is 32.6 Å². The largest absolute Gasteiger partial charge is 0.462 e. The molecule has 10 heteroatoms. The average Bonchev–Trinajstić information content (AvgIpc) is 3.65. The zero-order valence-corrected chi connectivity index (χ0v) is 23.4. The van der Waals surface area contributed by atoms with Gasteiger partial charge in [0.1, 0.15) is 10.6 Å². The highest BCUT2D eigenvalue weighted by Gasteiger charge is 2.23. The van der Waals surface area contributed by atoms with E-state index in [0.717, 1.165) is 40.9 Å². The summed E-state index contributed by atoms with van der Waals surface area (Å²) in [6, 6.07) is 17.9. The van der Waals surface area contributed by atoms with Crippen LogP contribution in [0.3, 0.4) is 0 Å². The molecule has 7 nitrogen and oxygen atoms in total. The molecule has 2 aromatic carbocycles. The Balaban J connectivity index is 1.35. The molecule has 38 heavy (non-hydrogen) atoms. The predicted octanol–water partition coefficient (Wildman–Crippen LogP) is 7.21. The Kier molecular flexibility index (Phi) is 8.21. The van der Waals surface area contributed by atoms with Gasteiger partial charge in [0.15, 0.2) is 11.0 Å². The van der Waals surface area contributed by atoms with Crippen LogP contribution in [0.2, 0.25) is 0 Å². The van der Waals surface area contributed by atoms with Crippen LogP contribution in [0, 0.1) is 0 Å². The third kappa shape index (κ3) is 5.38. The Morgan fingerprint density at radius 3 is 2.53 bits per heavy atom. The van der Waals surface area contributed by atoms with Crippen molar-refractivity contribution in [1.82, 2.24) is 14.8 Å². The van der Waals surface area contributed by atoms with Gasteiger partial charge >= 0.3 is 5.97 Å². The Hall–Kier alpha value is -3.47. The highest BCUT2D eigenvalue weighted by molar-refractivity contribution is 7.99. The van der Waals surface area contributed by atoms with Crippen molar-refractivity contribution in [3.05, 3.63) is 70.9 Å². The van der Waals surface area contributed by atoms with Crippen molar-refractivity contribution >= 4 is 61.4 Å². The average molecular weight is 563 g/mol. The number of benzene rings is 2. The molecule has 0 fully saturated rings. The molecule has 1 amide bonds. The fourth-order valence-electron chi connectivity index (χ4n) is 4.15. The van der Waals surface area contributed by atoms with E-state index in [2.05, 4.69) is 44.5 Å². The smallest absolute Gasteiger partial charge is 0.341 e. The number of nitrogens with zero attached hydrogens (tertiary/aromatic N) is 3. The molecule has 0 aliphatic rings. The van der Waals surface area contributed by atoms with Gasteiger partial charge in [0.05, 0.1) is 12.4 Å². The minimum absolute atomic E-state index is 0.132. The highest BCUT2D eigenvalue weighted by Crippen LogP contribution is 2.37. The molecule has 0 saturated heterocycles. The van der Waals surface area contributed by atoms with Gasteiger partial charge in [0.2, 0.25) is 5.91 Å². The first-order valence-electron chi connectivity index (χ1n) is 12.3. The van der Waals surface area contributed by atoms with Crippen LogP contribution in [0.15, 0.2) is 70.5 Å². The molecule has 0 radical (unpaired) electrons. The number of aromatic nitrogens is 3. The number of carbonyl (C=O) groups excluding carboxylic acids is 2. The lowest BCUT2D eigenvalue weighted by atomic mass is 10.0. The predicted molar refractivity (Wildman–Crippen MR) is 156 cm³/mol. The molecule has 0 unspecified atom stereocenters.